The van der Waals surface area contributed by atoms with Crippen LogP contribution in [0.3, 0.4) is 0 Å². The summed E-state index contributed by atoms with van der Waals surface area (Å²) in [6.45, 7) is 0.786. The number of hydrogen-bond donors (Lipinski definition) is 4. The Morgan fingerprint density at radius 3 is 2.73 bits per heavy atom. The molecule has 7 heteroatoms. The molecule has 7 nitrogen and oxygen atoms in total. The van der Waals surface area contributed by atoms with Crippen LogP contribution in [0.2, 0.25) is 0 Å². The first-order valence-corrected chi connectivity index (χ1v) is 7.14. The van der Waals surface area contributed by atoms with E-state index in [4.69, 9.17) is 15.9 Å². The van der Waals surface area contributed by atoms with Gasteiger partial charge in [-0.25, -0.2) is 0 Å². The summed E-state index contributed by atoms with van der Waals surface area (Å²) in [4.78, 5) is 13.9. The van der Waals surface area contributed by atoms with Crippen molar-refractivity contribution in [3.8, 4) is 0 Å². The number of nitrogens with one attached hydrogen (secondary N) is 2. The monoisotopic (exact) mass is 306 g/mol. The van der Waals surface area contributed by atoms with Crippen LogP contribution in [0.15, 0.2) is 24.3 Å². The van der Waals surface area contributed by atoms with E-state index in [9.17, 15) is 9.90 Å². The lowest BCUT2D eigenvalue weighted by Crippen LogP contribution is -2.43. The summed E-state index contributed by atoms with van der Waals surface area (Å²) < 4.78 is 5.26. The highest BCUT2D eigenvalue weighted by atomic mass is 16.5. The van der Waals surface area contributed by atoms with Crippen molar-refractivity contribution in [2.45, 2.75) is 25.1 Å². The van der Waals surface area contributed by atoms with Crippen LogP contribution < -0.4 is 11.1 Å². The minimum atomic E-state index is -0.369. The molecule has 0 aromatic heterocycles. The van der Waals surface area contributed by atoms with E-state index in [0.717, 1.165) is 5.56 Å². The smallest absolute Gasteiger partial charge is 0.237 e. The highest BCUT2D eigenvalue weighted by molar-refractivity contribution is 5.94. The maximum Gasteiger partial charge on any atom is 0.237 e. The Morgan fingerprint density at radius 1 is 1.50 bits per heavy atom. The van der Waals surface area contributed by atoms with Gasteiger partial charge in [-0.15, -0.1) is 0 Å². The molecule has 5 N–H and O–H groups in total. The zero-order valence-electron chi connectivity index (χ0n) is 12.6. The largest absolute Gasteiger partial charge is 0.384 e. The fourth-order valence-corrected chi connectivity index (χ4v) is 2.57. The first kappa shape index (κ1) is 16.4. The lowest BCUT2D eigenvalue weighted by molar-refractivity contribution is -0.126. The van der Waals surface area contributed by atoms with Gasteiger partial charge in [0, 0.05) is 25.8 Å². The summed E-state index contributed by atoms with van der Waals surface area (Å²) in [7, 11) is 1.61. The van der Waals surface area contributed by atoms with Crippen LogP contribution in [0.1, 0.15) is 17.5 Å². The highest BCUT2D eigenvalue weighted by Crippen LogP contribution is 2.19. The number of benzene rings is 1. The van der Waals surface area contributed by atoms with Crippen LogP contribution in [-0.4, -0.2) is 54.3 Å². The Bertz CT molecular complexity index is 532. The van der Waals surface area contributed by atoms with Crippen molar-refractivity contribution in [2.75, 3.05) is 20.4 Å². The fourth-order valence-electron chi connectivity index (χ4n) is 2.57. The average Bonchev–Trinajstić information content (AvgIpc) is 2.96. The molecule has 2 rings (SSSR count). The number of nitrogen functional groups attached to an aromatic ring is 1. The topological polar surface area (TPSA) is 112 Å². The second-order valence-electron chi connectivity index (χ2n) is 5.35. The van der Waals surface area contributed by atoms with Crippen molar-refractivity contribution in [1.82, 2.24) is 10.2 Å². The van der Waals surface area contributed by atoms with Crippen LogP contribution in [0.4, 0.5) is 0 Å². The molecular weight excluding hydrogens is 284 g/mol. The summed E-state index contributed by atoms with van der Waals surface area (Å²) in [6.07, 6.45) is 0.546. The van der Waals surface area contributed by atoms with Gasteiger partial charge >= 0.3 is 0 Å². The maximum atomic E-state index is 12.3. The molecule has 0 saturated carbocycles. The molecule has 1 aromatic rings. The number of nitrogens with zero attached hydrogens (tertiary/aromatic N) is 1. The lowest BCUT2D eigenvalue weighted by Gasteiger charge is -2.20. The maximum absolute atomic E-state index is 12.3. The van der Waals surface area contributed by atoms with Crippen LogP contribution >= 0.6 is 0 Å². The molecule has 120 valence electrons. The van der Waals surface area contributed by atoms with Gasteiger partial charge in [0.25, 0.3) is 0 Å². The Balaban J connectivity index is 1.90. The molecule has 0 unspecified atom stereocenters. The van der Waals surface area contributed by atoms with Gasteiger partial charge in [-0.05, 0) is 12.0 Å². The molecule has 0 radical (unpaired) electrons. The lowest BCUT2D eigenvalue weighted by atomic mass is 10.1. The van der Waals surface area contributed by atoms with Crippen molar-refractivity contribution in [3.05, 3.63) is 35.4 Å². The summed E-state index contributed by atoms with van der Waals surface area (Å²) in [5.74, 6) is -0.102. The van der Waals surface area contributed by atoms with Crippen molar-refractivity contribution in [1.29, 1.82) is 5.41 Å². The van der Waals surface area contributed by atoms with Crippen molar-refractivity contribution < 1.29 is 14.6 Å². The Morgan fingerprint density at radius 2 is 2.18 bits per heavy atom. The fraction of sp³-hybridized carbons (Fsp3) is 0.467. The van der Waals surface area contributed by atoms with Gasteiger partial charge < -0.3 is 20.9 Å². The van der Waals surface area contributed by atoms with Gasteiger partial charge in [0.1, 0.15) is 5.84 Å². The SMILES string of the molecule is CO[C@H]1C[C@@H](C(=O)NCc2ccc(C(=N)N)cc2)N(CO)C1. The molecule has 1 aromatic carbocycles. The average molecular weight is 306 g/mol. The third-order valence-electron chi connectivity index (χ3n) is 3.91. The Kier molecular flexibility index (Phi) is 5.48. The number of ether oxygens (including phenoxy) is 1. The normalized spacial score (nSPS) is 21.7. The number of nitrogens with two attached hydrogens (primary N) is 1. The molecule has 0 aliphatic carbocycles. The Hall–Kier alpha value is -1.96. The van der Waals surface area contributed by atoms with Gasteiger partial charge in [-0.2, -0.15) is 0 Å². The van der Waals surface area contributed by atoms with E-state index in [1.54, 1.807) is 24.1 Å². The molecule has 1 saturated heterocycles. The molecule has 1 amide bonds. The van der Waals surface area contributed by atoms with Crippen LogP contribution in [0, 0.1) is 5.41 Å². The zero-order valence-corrected chi connectivity index (χ0v) is 12.6. The summed E-state index contributed by atoms with van der Waals surface area (Å²) in [5, 5.41) is 19.5. The molecule has 0 bridgehead atoms. The minimum absolute atomic E-state index is 0.0192. The van der Waals surface area contributed by atoms with Gasteiger partial charge in [0.15, 0.2) is 0 Å². The van der Waals surface area contributed by atoms with Crippen molar-refractivity contribution >= 4 is 11.7 Å². The second kappa shape index (κ2) is 7.35. The van der Waals surface area contributed by atoms with Gasteiger partial charge in [-0.3, -0.25) is 15.1 Å². The van der Waals surface area contributed by atoms with Gasteiger partial charge in [0.2, 0.25) is 5.91 Å². The number of rotatable bonds is 6. The number of carbonyl (C=O) groups excluding carboxylic acids is 1. The summed E-state index contributed by atoms with van der Waals surface area (Å²) >= 11 is 0. The van der Waals surface area contributed by atoms with E-state index in [0.29, 0.717) is 25.1 Å². The number of carbonyl (C=O) groups is 1. The second-order valence-corrected chi connectivity index (χ2v) is 5.35. The number of aliphatic hydroxyl groups excluding tert-OH is 1. The first-order chi connectivity index (χ1) is 10.5. The van der Waals surface area contributed by atoms with Gasteiger partial charge in [-0.1, -0.05) is 24.3 Å². The van der Waals surface area contributed by atoms with E-state index in [-0.39, 0.29) is 30.6 Å². The zero-order chi connectivity index (χ0) is 16.1. The molecule has 1 aliphatic heterocycles. The first-order valence-electron chi connectivity index (χ1n) is 7.14. The van der Waals surface area contributed by atoms with Crippen LogP contribution in [-0.2, 0) is 16.1 Å². The summed E-state index contributed by atoms with van der Waals surface area (Å²) in [5.41, 5.74) is 6.98. The van der Waals surface area contributed by atoms with Crippen molar-refractivity contribution in [3.63, 3.8) is 0 Å². The number of amidine groups is 1. The Labute approximate surface area is 129 Å². The predicted molar refractivity (Wildman–Crippen MR) is 82.3 cm³/mol. The standard InChI is InChI=1S/C15H22N4O3/c1-22-12-6-13(19(8-12)9-20)15(21)18-7-10-2-4-11(5-3-10)14(16)17/h2-5,12-13,20H,6-9H2,1H3,(H3,16,17)(H,18,21)/t12-,13-/m0/s1. The van der Waals surface area contributed by atoms with Crippen LogP contribution in [0.25, 0.3) is 0 Å². The highest BCUT2D eigenvalue weighted by Gasteiger charge is 2.36. The molecule has 1 heterocycles. The number of amides is 1. The van der Waals surface area contributed by atoms with E-state index >= 15 is 0 Å². The number of likely N-dealkylation sites (tertiary alicyclic amines) is 1. The van der Waals surface area contributed by atoms with E-state index in [2.05, 4.69) is 5.32 Å². The number of hydrogen-bond acceptors (Lipinski definition) is 5. The molecular formula is C15H22N4O3. The van der Waals surface area contributed by atoms with E-state index in [1.807, 2.05) is 12.1 Å². The summed E-state index contributed by atoms with van der Waals surface area (Å²) in [6, 6.07) is 6.79. The van der Waals surface area contributed by atoms with Crippen molar-refractivity contribution in [2.24, 2.45) is 5.73 Å². The number of methoxy groups -OCH3 is 1. The molecule has 2 atom stereocenters. The minimum Gasteiger partial charge on any atom is -0.384 e. The van der Waals surface area contributed by atoms with Crippen LogP contribution in [0.5, 0.6) is 0 Å². The molecule has 1 aliphatic rings. The van der Waals surface area contributed by atoms with E-state index in [1.165, 1.54) is 0 Å². The molecule has 0 spiro atoms. The molecule has 22 heavy (non-hydrogen) atoms. The predicted octanol–water partition coefficient (Wildman–Crippen LogP) is -0.374. The number of aliphatic hydroxyl groups is 1. The third-order valence-corrected chi connectivity index (χ3v) is 3.91. The van der Waals surface area contributed by atoms with E-state index < -0.39 is 0 Å². The quantitative estimate of drug-likeness (QED) is 0.423. The van der Waals surface area contributed by atoms with Gasteiger partial charge in [0.05, 0.1) is 18.9 Å². The molecule has 1 fully saturated rings. The third kappa shape index (κ3) is 3.82.